The Morgan fingerprint density at radius 2 is 1.46 bits per heavy atom. The number of nitrogens with zero attached hydrogens (tertiary/aromatic N) is 1. The number of nitrogens with one attached hydrogen (secondary N) is 2. The average molecular weight is 492 g/mol. The Balaban J connectivity index is 1.37. The van der Waals surface area contributed by atoms with E-state index in [2.05, 4.69) is 15.8 Å². The van der Waals surface area contributed by atoms with Crippen molar-refractivity contribution in [2.24, 2.45) is 5.10 Å². The van der Waals surface area contributed by atoms with Gasteiger partial charge < -0.3 is 9.73 Å². The largest absolute Gasteiger partial charge is 0.455 e. The minimum atomic E-state index is -0.486. The Morgan fingerprint density at radius 3 is 2.08 bits per heavy atom. The van der Waals surface area contributed by atoms with Crippen LogP contribution in [-0.2, 0) is 17.8 Å². The molecule has 0 saturated heterocycles. The second-order valence-electron chi connectivity index (χ2n) is 9.17. The van der Waals surface area contributed by atoms with Crippen molar-refractivity contribution in [3.63, 3.8) is 0 Å². The fourth-order valence-corrected chi connectivity index (χ4v) is 4.83. The molecule has 0 aliphatic heterocycles. The average Bonchev–Trinajstić information content (AvgIpc) is 3.29. The van der Waals surface area contributed by atoms with E-state index in [1.807, 2.05) is 97.9 Å². The number of aryl methyl sites for hydroxylation is 1. The van der Waals surface area contributed by atoms with Gasteiger partial charge in [0.2, 0.25) is 0 Å². The number of benzene rings is 3. The fourth-order valence-electron chi connectivity index (χ4n) is 4.83. The summed E-state index contributed by atoms with van der Waals surface area (Å²) in [6, 6.07) is 29.1. The van der Waals surface area contributed by atoms with Crippen LogP contribution >= 0.6 is 0 Å². The standard InChI is InChI=1S/C31H29N3O3/c1-21-27-25(18-11-19-26(27)37-29(21)31(36)32-20-22-12-5-2-6-13-22)33-34-30(35)28(23-14-7-3-8-15-23)24-16-9-4-10-17-24/h2-10,12-17,28H,11,18-20H2,1H3,(H,32,36)(H,34,35)/b33-25+. The van der Waals surface area contributed by atoms with E-state index in [0.29, 0.717) is 18.7 Å². The Morgan fingerprint density at radius 1 is 0.865 bits per heavy atom. The first-order valence-electron chi connectivity index (χ1n) is 12.5. The Kier molecular flexibility index (Phi) is 7.26. The van der Waals surface area contributed by atoms with Gasteiger partial charge in [-0.25, -0.2) is 5.43 Å². The minimum absolute atomic E-state index is 0.209. The lowest BCUT2D eigenvalue weighted by Gasteiger charge is -2.18. The van der Waals surface area contributed by atoms with E-state index in [4.69, 9.17) is 4.42 Å². The highest BCUT2D eigenvalue weighted by Crippen LogP contribution is 2.30. The highest BCUT2D eigenvalue weighted by atomic mass is 16.4. The molecule has 6 heteroatoms. The van der Waals surface area contributed by atoms with Gasteiger partial charge in [0, 0.05) is 24.1 Å². The molecule has 0 unspecified atom stereocenters. The Bertz CT molecular complexity index is 1370. The van der Waals surface area contributed by atoms with Gasteiger partial charge in [0.25, 0.3) is 11.8 Å². The summed E-state index contributed by atoms with van der Waals surface area (Å²) in [7, 11) is 0. The molecule has 2 N–H and O–H groups in total. The van der Waals surface area contributed by atoms with E-state index in [9.17, 15) is 9.59 Å². The maximum atomic E-state index is 13.4. The number of hydrogen-bond acceptors (Lipinski definition) is 4. The summed E-state index contributed by atoms with van der Waals surface area (Å²) in [6.07, 6.45) is 2.26. The van der Waals surface area contributed by atoms with Gasteiger partial charge in [-0.1, -0.05) is 91.0 Å². The van der Waals surface area contributed by atoms with Crippen LogP contribution in [0.5, 0.6) is 0 Å². The van der Waals surface area contributed by atoms with Crippen molar-refractivity contribution in [1.82, 2.24) is 10.7 Å². The normalized spacial score (nSPS) is 13.8. The number of rotatable bonds is 7. The van der Waals surface area contributed by atoms with Crippen molar-refractivity contribution in [3.05, 3.63) is 130 Å². The minimum Gasteiger partial charge on any atom is -0.455 e. The molecule has 1 aliphatic carbocycles. The molecule has 4 aromatic rings. The monoisotopic (exact) mass is 491 g/mol. The summed E-state index contributed by atoms with van der Waals surface area (Å²) >= 11 is 0. The SMILES string of the molecule is Cc1c(C(=O)NCc2ccccc2)oc2c1/C(=N/NC(=O)C(c1ccccc1)c1ccccc1)CCC2. The number of carbonyl (C=O) groups excluding carboxylic acids is 2. The fraction of sp³-hybridized carbons (Fsp3) is 0.194. The molecule has 6 nitrogen and oxygen atoms in total. The molecule has 1 aliphatic rings. The van der Waals surface area contributed by atoms with Gasteiger partial charge in [-0.05, 0) is 36.5 Å². The zero-order valence-electron chi connectivity index (χ0n) is 20.7. The molecule has 1 heterocycles. The van der Waals surface area contributed by atoms with Crippen LogP contribution in [0.1, 0.15) is 62.9 Å². The highest BCUT2D eigenvalue weighted by molar-refractivity contribution is 6.06. The van der Waals surface area contributed by atoms with Gasteiger partial charge >= 0.3 is 0 Å². The molecule has 0 bridgehead atoms. The number of fused-ring (bicyclic) bond motifs is 1. The van der Waals surface area contributed by atoms with Crippen LogP contribution in [-0.4, -0.2) is 17.5 Å². The molecule has 37 heavy (non-hydrogen) atoms. The Labute approximate surface area is 216 Å². The zero-order valence-corrected chi connectivity index (χ0v) is 20.7. The van der Waals surface area contributed by atoms with Crippen molar-refractivity contribution in [2.45, 2.75) is 38.6 Å². The summed E-state index contributed by atoms with van der Waals surface area (Å²) in [5.74, 6) is 0.0866. The first-order valence-corrected chi connectivity index (χ1v) is 12.5. The lowest BCUT2D eigenvalue weighted by Crippen LogP contribution is -2.28. The van der Waals surface area contributed by atoms with Crippen LogP contribution < -0.4 is 10.7 Å². The third kappa shape index (κ3) is 5.38. The molecule has 1 aromatic heterocycles. The number of hydrazone groups is 1. The van der Waals surface area contributed by atoms with Gasteiger partial charge in [0.05, 0.1) is 11.6 Å². The third-order valence-electron chi connectivity index (χ3n) is 6.66. The van der Waals surface area contributed by atoms with Crippen LogP contribution in [0.4, 0.5) is 0 Å². The highest BCUT2D eigenvalue weighted by Gasteiger charge is 2.29. The van der Waals surface area contributed by atoms with Gasteiger partial charge in [0.15, 0.2) is 5.76 Å². The molecule has 5 rings (SSSR count). The lowest BCUT2D eigenvalue weighted by molar-refractivity contribution is -0.121. The molecular formula is C31H29N3O3. The van der Waals surface area contributed by atoms with E-state index < -0.39 is 5.92 Å². The maximum absolute atomic E-state index is 13.4. The molecule has 0 spiro atoms. The quantitative estimate of drug-likeness (QED) is 0.335. The smallest absolute Gasteiger partial charge is 0.287 e. The summed E-state index contributed by atoms with van der Waals surface area (Å²) < 4.78 is 6.00. The lowest BCUT2D eigenvalue weighted by atomic mass is 9.90. The predicted octanol–water partition coefficient (Wildman–Crippen LogP) is 5.51. The van der Waals surface area contributed by atoms with Crippen LogP contribution in [0, 0.1) is 6.92 Å². The molecule has 0 saturated carbocycles. The predicted molar refractivity (Wildman–Crippen MR) is 143 cm³/mol. The first kappa shape index (κ1) is 24.3. The van der Waals surface area contributed by atoms with Crippen molar-refractivity contribution in [3.8, 4) is 0 Å². The summed E-state index contributed by atoms with van der Waals surface area (Å²) in [6.45, 7) is 2.29. The van der Waals surface area contributed by atoms with Crippen molar-refractivity contribution in [2.75, 3.05) is 0 Å². The number of furan rings is 1. The number of hydrogen-bond donors (Lipinski definition) is 2. The topological polar surface area (TPSA) is 83.7 Å². The second kappa shape index (κ2) is 11.1. The van der Waals surface area contributed by atoms with Gasteiger partial charge in [-0.3, -0.25) is 9.59 Å². The molecule has 2 amide bonds. The van der Waals surface area contributed by atoms with E-state index in [1.165, 1.54) is 0 Å². The zero-order chi connectivity index (χ0) is 25.6. The van der Waals surface area contributed by atoms with E-state index >= 15 is 0 Å². The molecular weight excluding hydrogens is 462 g/mol. The van der Waals surface area contributed by atoms with Crippen molar-refractivity contribution >= 4 is 17.5 Å². The third-order valence-corrected chi connectivity index (χ3v) is 6.66. The number of amides is 2. The molecule has 3 aromatic carbocycles. The molecule has 0 fully saturated rings. The van der Waals surface area contributed by atoms with E-state index in [-0.39, 0.29) is 11.8 Å². The maximum Gasteiger partial charge on any atom is 0.287 e. The van der Waals surface area contributed by atoms with Crippen LogP contribution in [0.15, 0.2) is 101 Å². The van der Waals surface area contributed by atoms with Gasteiger partial charge in [-0.2, -0.15) is 5.10 Å². The van der Waals surface area contributed by atoms with Crippen molar-refractivity contribution < 1.29 is 14.0 Å². The van der Waals surface area contributed by atoms with E-state index in [1.54, 1.807) is 0 Å². The van der Waals surface area contributed by atoms with Crippen LogP contribution in [0.2, 0.25) is 0 Å². The number of carbonyl (C=O) groups is 2. The molecule has 0 atom stereocenters. The van der Waals surface area contributed by atoms with E-state index in [0.717, 1.165) is 52.1 Å². The summed E-state index contributed by atoms with van der Waals surface area (Å²) in [4.78, 5) is 26.3. The summed E-state index contributed by atoms with van der Waals surface area (Å²) in [5, 5.41) is 7.49. The second-order valence-corrected chi connectivity index (χ2v) is 9.17. The van der Waals surface area contributed by atoms with Crippen LogP contribution in [0.3, 0.4) is 0 Å². The first-order chi connectivity index (χ1) is 18.1. The molecule has 186 valence electrons. The Hall–Kier alpha value is -4.45. The van der Waals surface area contributed by atoms with Gasteiger partial charge in [0.1, 0.15) is 5.76 Å². The van der Waals surface area contributed by atoms with Crippen molar-refractivity contribution in [1.29, 1.82) is 0 Å². The van der Waals surface area contributed by atoms with Gasteiger partial charge in [-0.15, -0.1) is 0 Å². The summed E-state index contributed by atoms with van der Waals surface area (Å²) in [5.41, 5.74) is 7.92. The molecule has 0 radical (unpaired) electrons. The van der Waals surface area contributed by atoms with Crippen LogP contribution in [0.25, 0.3) is 0 Å².